The molecule has 0 spiro atoms. The summed E-state index contributed by atoms with van der Waals surface area (Å²) in [4.78, 5) is 15.0. The predicted molar refractivity (Wildman–Crippen MR) is 75.5 cm³/mol. The average Bonchev–Trinajstić information content (AvgIpc) is 2.43. The first kappa shape index (κ1) is 15.2. The maximum atomic E-state index is 13.2. The Balaban J connectivity index is 2.33. The molecule has 0 saturated carbocycles. The van der Waals surface area contributed by atoms with Gasteiger partial charge in [-0.25, -0.2) is 13.8 Å². The van der Waals surface area contributed by atoms with Gasteiger partial charge in [-0.15, -0.1) is 0 Å². The number of nitrogens with zero attached hydrogens (tertiary/aromatic N) is 2. The summed E-state index contributed by atoms with van der Waals surface area (Å²) in [5.41, 5.74) is -0.119. The minimum absolute atomic E-state index is 0.119. The van der Waals surface area contributed by atoms with Crippen LogP contribution in [0.2, 0.25) is 0 Å². The van der Waals surface area contributed by atoms with Crippen LogP contribution < -0.4 is 5.32 Å². The molecule has 2 rings (SSSR count). The largest absolute Gasteiger partial charge is 0.370 e. The molecular weight excluding hydrogens is 300 g/mol. The molecule has 0 bridgehead atoms. The van der Waals surface area contributed by atoms with E-state index in [1.54, 1.807) is 0 Å². The molecule has 0 atom stereocenters. The SMILES string of the molecule is CCNc1cc([N+](=O)[O-])cc(Sc2ccc(F)c(F)c2)n1. The quantitative estimate of drug-likeness (QED) is 0.671. The highest BCUT2D eigenvalue weighted by Crippen LogP contribution is 2.31. The van der Waals surface area contributed by atoms with Crippen molar-refractivity contribution >= 4 is 23.3 Å². The van der Waals surface area contributed by atoms with Crippen molar-refractivity contribution in [2.45, 2.75) is 16.8 Å². The molecule has 2 aromatic rings. The number of rotatable bonds is 5. The fraction of sp³-hybridized carbons (Fsp3) is 0.154. The highest BCUT2D eigenvalue weighted by molar-refractivity contribution is 7.99. The molecule has 110 valence electrons. The van der Waals surface area contributed by atoms with Crippen molar-refractivity contribution in [1.29, 1.82) is 0 Å². The topological polar surface area (TPSA) is 68.1 Å². The minimum atomic E-state index is -0.975. The summed E-state index contributed by atoms with van der Waals surface area (Å²) in [7, 11) is 0. The van der Waals surface area contributed by atoms with E-state index < -0.39 is 16.6 Å². The number of hydrogen-bond acceptors (Lipinski definition) is 5. The van der Waals surface area contributed by atoms with Gasteiger partial charge < -0.3 is 5.32 Å². The van der Waals surface area contributed by atoms with Gasteiger partial charge in [0.05, 0.1) is 11.0 Å². The maximum Gasteiger partial charge on any atom is 0.275 e. The lowest BCUT2D eigenvalue weighted by Crippen LogP contribution is -2.01. The van der Waals surface area contributed by atoms with Crippen LogP contribution in [0.4, 0.5) is 20.3 Å². The summed E-state index contributed by atoms with van der Waals surface area (Å²) < 4.78 is 26.0. The Morgan fingerprint density at radius 3 is 2.67 bits per heavy atom. The summed E-state index contributed by atoms with van der Waals surface area (Å²) >= 11 is 1.02. The molecule has 0 fully saturated rings. The Morgan fingerprint density at radius 1 is 1.29 bits per heavy atom. The molecule has 0 saturated heterocycles. The van der Waals surface area contributed by atoms with E-state index in [0.29, 0.717) is 22.3 Å². The van der Waals surface area contributed by atoms with E-state index in [0.717, 1.165) is 23.9 Å². The summed E-state index contributed by atoms with van der Waals surface area (Å²) in [5.74, 6) is -1.56. The van der Waals surface area contributed by atoms with Crippen LogP contribution in [-0.4, -0.2) is 16.5 Å². The number of nitro groups is 1. The molecule has 0 unspecified atom stereocenters. The van der Waals surface area contributed by atoms with Gasteiger partial charge in [-0.2, -0.15) is 0 Å². The second kappa shape index (κ2) is 6.49. The first-order valence-electron chi connectivity index (χ1n) is 6.03. The zero-order chi connectivity index (χ0) is 15.4. The van der Waals surface area contributed by atoms with Crippen LogP contribution in [-0.2, 0) is 0 Å². The van der Waals surface area contributed by atoms with Crippen LogP contribution in [0.1, 0.15) is 6.92 Å². The molecule has 1 aromatic carbocycles. The first-order chi connectivity index (χ1) is 9.99. The van der Waals surface area contributed by atoms with Gasteiger partial charge in [0.25, 0.3) is 5.69 Å². The van der Waals surface area contributed by atoms with Gasteiger partial charge in [-0.1, -0.05) is 11.8 Å². The standard InChI is InChI=1S/C13H11F2N3O2S/c1-2-16-12-5-8(18(19)20)6-13(17-12)21-9-3-4-10(14)11(15)7-9/h3-7H,2H2,1H3,(H,16,17). The zero-order valence-corrected chi connectivity index (χ0v) is 11.8. The van der Waals surface area contributed by atoms with Gasteiger partial charge in [0.15, 0.2) is 11.6 Å². The summed E-state index contributed by atoms with van der Waals surface area (Å²) in [6.07, 6.45) is 0. The lowest BCUT2D eigenvalue weighted by molar-refractivity contribution is -0.385. The highest BCUT2D eigenvalue weighted by atomic mass is 32.2. The van der Waals surface area contributed by atoms with Gasteiger partial charge in [-0.05, 0) is 25.1 Å². The lowest BCUT2D eigenvalue weighted by Gasteiger charge is -2.06. The Morgan fingerprint density at radius 2 is 2.05 bits per heavy atom. The first-order valence-corrected chi connectivity index (χ1v) is 6.84. The van der Waals surface area contributed by atoms with Crippen LogP contribution >= 0.6 is 11.8 Å². The fourth-order valence-electron chi connectivity index (χ4n) is 1.58. The smallest absolute Gasteiger partial charge is 0.275 e. The van der Waals surface area contributed by atoms with Crippen LogP contribution in [0.25, 0.3) is 0 Å². The van der Waals surface area contributed by atoms with Crippen LogP contribution in [0, 0.1) is 21.7 Å². The predicted octanol–water partition coefficient (Wildman–Crippen LogP) is 3.85. The molecule has 0 amide bonds. The third-order valence-corrected chi connectivity index (χ3v) is 3.38. The van der Waals surface area contributed by atoms with E-state index in [1.807, 2.05) is 6.92 Å². The van der Waals surface area contributed by atoms with Crippen LogP contribution in [0.3, 0.4) is 0 Å². The average molecular weight is 311 g/mol. The van der Waals surface area contributed by atoms with Gasteiger partial charge in [0.2, 0.25) is 0 Å². The van der Waals surface area contributed by atoms with Crippen molar-refractivity contribution in [1.82, 2.24) is 4.98 Å². The maximum absolute atomic E-state index is 13.2. The molecule has 1 N–H and O–H groups in total. The second-order valence-electron chi connectivity index (χ2n) is 4.01. The Kier molecular flexibility index (Phi) is 4.69. The van der Waals surface area contributed by atoms with Crippen molar-refractivity contribution in [2.24, 2.45) is 0 Å². The number of anilines is 1. The molecule has 1 aromatic heterocycles. The van der Waals surface area contributed by atoms with E-state index in [2.05, 4.69) is 10.3 Å². The number of aromatic nitrogens is 1. The molecular formula is C13H11F2N3O2S. The number of halogens is 2. The summed E-state index contributed by atoms with van der Waals surface area (Å²) in [6, 6.07) is 6.01. The Labute approximate surface area is 123 Å². The number of hydrogen-bond donors (Lipinski definition) is 1. The second-order valence-corrected chi connectivity index (χ2v) is 5.11. The van der Waals surface area contributed by atoms with E-state index >= 15 is 0 Å². The zero-order valence-electron chi connectivity index (χ0n) is 11.0. The van der Waals surface area contributed by atoms with E-state index in [1.165, 1.54) is 18.2 Å². The van der Waals surface area contributed by atoms with Crippen LogP contribution in [0.15, 0.2) is 40.3 Å². The van der Waals surface area contributed by atoms with Gasteiger partial charge in [0.1, 0.15) is 10.8 Å². The molecule has 0 radical (unpaired) electrons. The van der Waals surface area contributed by atoms with E-state index in [9.17, 15) is 18.9 Å². The lowest BCUT2D eigenvalue weighted by atomic mass is 10.3. The fourth-order valence-corrected chi connectivity index (χ4v) is 2.45. The normalized spacial score (nSPS) is 10.4. The van der Waals surface area contributed by atoms with Crippen LogP contribution in [0.5, 0.6) is 0 Å². The van der Waals surface area contributed by atoms with Gasteiger partial charge >= 0.3 is 0 Å². The number of pyridine rings is 1. The molecule has 8 heteroatoms. The monoisotopic (exact) mass is 311 g/mol. The minimum Gasteiger partial charge on any atom is -0.370 e. The third-order valence-electron chi connectivity index (χ3n) is 2.47. The van der Waals surface area contributed by atoms with E-state index in [4.69, 9.17) is 0 Å². The van der Waals surface area contributed by atoms with Crippen molar-refractivity contribution in [3.05, 3.63) is 52.1 Å². The van der Waals surface area contributed by atoms with Gasteiger partial charge in [0, 0.05) is 17.5 Å². The third kappa shape index (κ3) is 3.88. The molecule has 5 nitrogen and oxygen atoms in total. The van der Waals surface area contributed by atoms with Gasteiger partial charge in [-0.3, -0.25) is 10.1 Å². The number of benzene rings is 1. The summed E-state index contributed by atoms with van der Waals surface area (Å²) in [5, 5.41) is 14.1. The number of nitrogens with one attached hydrogen (secondary N) is 1. The molecule has 0 aliphatic heterocycles. The Hall–Kier alpha value is -2.22. The summed E-state index contributed by atoms with van der Waals surface area (Å²) in [6.45, 7) is 2.39. The molecule has 0 aliphatic rings. The Bertz CT molecular complexity index is 682. The van der Waals surface area contributed by atoms with E-state index in [-0.39, 0.29) is 5.69 Å². The van der Waals surface area contributed by atoms with Crippen molar-refractivity contribution < 1.29 is 13.7 Å². The van der Waals surface area contributed by atoms with Crippen molar-refractivity contribution in [3.8, 4) is 0 Å². The highest BCUT2D eigenvalue weighted by Gasteiger charge is 2.13. The molecule has 21 heavy (non-hydrogen) atoms. The van der Waals surface area contributed by atoms with Crippen molar-refractivity contribution in [2.75, 3.05) is 11.9 Å². The molecule has 0 aliphatic carbocycles. The van der Waals surface area contributed by atoms with Crippen molar-refractivity contribution in [3.63, 3.8) is 0 Å². The molecule has 1 heterocycles.